The highest BCUT2D eigenvalue weighted by Crippen LogP contribution is 2.29. The van der Waals surface area contributed by atoms with Gasteiger partial charge in [-0.1, -0.05) is 48.0 Å². The maximum absolute atomic E-state index is 12.8. The molecule has 0 radical (unpaired) electrons. The van der Waals surface area contributed by atoms with Crippen LogP contribution in [0.1, 0.15) is 24.0 Å². The minimum absolute atomic E-state index is 0. The van der Waals surface area contributed by atoms with E-state index in [2.05, 4.69) is 9.62 Å². The second-order valence-corrected chi connectivity index (χ2v) is 10.0. The Kier molecular flexibility index (Phi) is 9.03. The van der Waals surface area contributed by atoms with Crippen LogP contribution >= 0.6 is 24.0 Å². The van der Waals surface area contributed by atoms with Crippen molar-refractivity contribution in [2.75, 3.05) is 31.0 Å². The number of benzene rings is 3. The number of hydrogen-bond acceptors (Lipinski definition) is 4. The van der Waals surface area contributed by atoms with Gasteiger partial charge < -0.3 is 9.64 Å². The van der Waals surface area contributed by atoms with Gasteiger partial charge in [0.15, 0.2) is 0 Å². The number of halogens is 2. The number of likely N-dealkylation sites (tertiary alicyclic amines) is 1. The molecule has 0 aliphatic carbocycles. The van der Waals surface area contributed by atoms with E-state index < -0.39 is 10.0 Å². The summed E-state index contributed by atoms with van der Waals surface area (Å²) < 4.78 is 34.5. The zero-order valence-electron chi connectivity index (χ0n) is 18.2. The number of nitrogens with zero attached hydrogens (tertiary/aromatic N) is 1. The van der Waals surface area contributed by atoms with Gasteiger partial charge in [-0.15, -0.1) is 12.4 Å². The van der Waals surface area contributed by atoms with Crippen LogP contribution in [0.3, 0.4) is 0 Å². The third kappa shape index (κ3) is 6.87. The summed E-state index contributed by atoms with van der Waals surface area (Å²) in [6, 6.07) is 21.4. The van der Waals surface area contributed by atoms with E-state index in [1.807, 2.05) is 24.3 Å². The first-order chi connectivity index (χ1) is 15.5. The van der Waals surface area contributed by atoms with Crippen molar-refractivity contribution in [3.05, 3.63) is 88.9 Å². The molecule has 33 heavy (non-hydrogen) atoms. The zero-order chi connectivity index (χ0) is 22.4. The quantitative estimate of drug-likeness (QED) is 0.362. The largest absolute Gasteiger partial charge is 0.493 e. The molecule has 1 heterocycles. The van der Waals surface area contributed by atoms with Gasteiger partial charge in [0.05, 0.1) is 17.2 Å². The third-order valence-corrected chi connectivity index (χ3v) is 7.16. The molecule has 0 amide bonds. The maximum atomic E-state index is 12.8. The Morgan fingerprint density at radius 3 is 2.39 bits per heavy atom. The summed E-state index contributed by atoms with van der Waals surface area (Å²) >= 11 is 6.25. The SMILES string of the molecule is Cl.O=S(=O)(Nc1ccc(Cl)cc1Cc1ccccc1OCCCN1CCC1)c1ccccc1. The molecule has 1 saturated heterocycles. The zero-order valence-corrected chi connectivity index (χ0v) is 20.6. The lowest BCUT2D eigenvalue weighted by Crippen LogP contribution is -2.38. The molecule has 176 valence electrons. The molecule has 5 nitrogen and oxygen atoms in total. The predicted octanol–water partition coefficient (Wildman–Crippen LogP) is 5.63. The van der Waals surface area contributed by atoms with Crippen LogP contribution < -0.4 is 9.46 Å². The third-order valence-electron chi connectivity index (χ3n) is 5.54. The molecule has 0 spiro atoms. The van der Waals surface area contributed by atoms with E-state index in [9.17, 15) is 8.42 Å². The summed E-state index contributed by atoms with van der Waals surface area (Å²) in [5.74, 6) is 0.813. The highest BCUT2D eigenvalue weighted by molar-refractivity contribution is 7.92. The van der Waals surface area contributed by atoms with Crippen molar-refractivity contribution in [3.63, 3.8) is 0 Å². The van der Waals surface area contributed by atoms with Crippen LogP contribution in [-0.2, 0) is 16.4 Å². The van der Waals surface area contributed by atoms with Crippen molar-refractivity contribution >= 4 is 39.7 Å². The molecular formula is C25H28Cl2N2O3S. The van der Waals surface area contributed by atoms with Gasteiger partial charge in [0, 0.05) is 18.0 Å². The number of ether oxygens (including phenoxy) is 1. The predicted molar refractivity (Wildman–Crippen MR) is 136 cm³/mol. The van der Waals surface area contributed by atoms with Crippen molar-refractivity contribution in [2.45, 2.75) is 24.2 Å². The van der Waals surface area contributed by atoms with Crippen molar-refractivity contribution < 1.29 is 13.2 Å². The molecule has 1 aliphatic rings. The van der Waals surface area contributed by atoms with Gasteiger partial charge in [0.2, 0.25) is 0 Å². The fraction of sp³-hybridized carbons (Fsp3) is 0.280. The van der Waals surface area contributed by atoms with Gasteiger partial charge in [0.25, 0.3) is 10.0 Å². The topological polar surface area (TPSA) is 58.6 Å². The van der Waals surface area contributed by atoms with E-state index in [-0.39, 0.29) is 17.3 Å². The number of hydrogen-bond donors (Lipinski definition) is 1. The Balaban J connectivity index is 0.00000306. The number of para-hydroxylation sites is 1. The molecule has 0 saturated carbocycles. The molecule has 1 fully saturated rings. The molecule has 1 aliphatic heterocycles. The highest BCUT2D eigenvalue weighted by Gasteiger charge is 2.17. The molecule has 0 aromatic heterocycles. The second kappa shape index (κ2) is 11.7. The smallest absolute Gasteiger partial charge is 0.261 e. The van der Waals surface area contributed by atoms with E-state index in [0.717, 1.165) is 29.8 Å². The molecular weight excluding hydrogens is 479 g/mol. The fourth-order valence-electron chi connectivity index (χ4n) is 3.68. The Labute approximate surface area is 207 Å². The van der Waals surface area contributed by atoms with Crippen LogP contribution in [0.4, 0.5) is 5.69 Å². The Hall–Kier alpha value is -2.25. The summed E-state index contributed by atoms with van der Waals surface area (Å²) in [6.07, 6.45) is 2.77. The van der Waals surface area contributed by atoms with Crippen LogP contribution in [0.15, 0.2) is 77.7 Å². The molecule has 3 aromatic rings. The van der Waals surface area contributed by atoms with Gasteiger partial charge in [-0.2, -0.15) is 0 Å². The molecule has 0 atom stereocenters. The van der Waals surface area contributed by atoms with E-state index in [1.165, 1.54) is 19.5 Å². The summed E-state index contributed by atoms with van der Waals surface area (Å²) in [6.45, 7) is 4.08. The lowest BCUT2D eigenvalue weighted by Gasteiger charge is -2.30. The second-order valence-electron chi connectivity index (χ2n) is 7.90. The first-order valence-electron chi connectivity index (χ1n) is 10.8. The van der Waals surface area contributed by atoms with Gasteiger partial charge in [-0.05, 0) is 73.5 Å². The van der Waals surface area contributed by atoms with Crippen LogP contribution in [0.2, 0.25) is 5.02 Å². The summed E-state index contributed by atoms with van der Waals surface area (Å²) in [4.78, 5) is 2.64. The lowest BCUT2D eigenvalue weighted by atomic mass is 10.0. The van der Waals surface area contributed by atoms with E-state index >= 15 is 0 Å². The summed E-state index contributed by atoms with van der Waals surface area (Å²) in [7, 11) is -3.70. The average molecular weight is 507 g/mol. The number of anilines is 1. The maximum Gasteiger partial charge on any atom is 0.261 e. The molecule has 0 unspecified atom stereocenters. The standard InChI is InChI=1S/C25H27ClN2O3S.ClH/c26-22-12-13-24(27-32(29,30)23-9-2-1-3-10-23)21(19-22)18-20-8-4-5-11-25(20)31-17-7-16-28-14-6-15-28;/h1-5,8-13,19,27H,6-7,14-18H2;1H. The number of sulfonamides is 1. The van der Waals surface area contributed by atoms with Crippen LogP contribution in [0, 0.1) is 0 Å². The van der Waals surface area contributed by atoms with Gasteiger partial charge in [0.1, 0.15) is 5.75 Å². The first kappa shape index (κ1) is 25.4. The molecule has 1 N–H and O–H groups in total. The normalized spacial score (nSPS) is 13.6. The van der Waals surface area contributed by atoms with Gasteiger partial charge >= 0.3 is 0 Å². The fourth-order valence-corrected chi connectivity index (χ4v) is 5.00. The van der Waals surface area contributed by atoms with Crippen LogP contribution in [0.5, 0.6) is 5.75 Å². The minimum atomic E-state index is -3.70. The van der Waals surface area contributed by atoms with Gasteiger partial charge in [-0.3, -0.25) is 4.72 Å². The lowest BCUT2D eigenvalue weighted by molar-refractivity contribution is 0.165. The molecule has 0 bridgehead atoms. The monoisotopic (exact) mass is 506 g/mol. The van der Waals surface area contributed by atoms with E-state index in [1.54, 1.807) is 48.5 Å². The molecule has 3 aromatic carbocycles. The van der Waals surface area contributed by atoms with Crippen molar-refractivity contribution in [1.82, 2.24) is 4.90 Å². The molecule has 8 heteroatoms. The minimum Gasteiger partial charge on any atom is -0.493 e. The highest BCUT2D eigenvalue weighted by atomic mass is 35.5. The number of nitrogens with one attached hydrogen (secondary N) is 1. The Morgan fingerprint density at radius 2 is 1.67 bits per heavy atom. The Bertz CT molecular complexity index is 1150. The summed E-state index contributed by atoms with van der Waals surface area (Å²) in [5.41, 5.74) is 2.28. The van der Waals surface area contributed by atoms with Gasteiger partial charge in [-0.25, -0.2) is 8.42 Å². The van der Waals surface area contributed by atoms with Crippen molar-refractivity contribution in [1.29, 1.82) is 0 Å². The Morgan fingerprint density at radius 1 is 0.939 bits per heavy atom. The summed E-state index contributed by atoms with van der Waals surface area (Å²) in [5, 5.41) is 0.551. The molecule has 4 rings (SSSR count). The number of rotatable bonds is 10. The van der Waals surface area contributed by atoms with E-state index in [4.69, 9.17) is 16.3 Å². The average Bonchev–Trinajstić information content (AvgIpc) is 2.76. The van der Waals surface area contributed by atoms with Crippen LogP contribution in [-0.4, -0.2) is 39.6 Å². The van der Waals surface area contributed by atoms with E-state index in [0.29, 0.717) is 23.7 Å². The van der Waals surface area contributed by atoms with Crippen LogP contribution in [0.25, 0.3) is 0 Å². The van der Waals surface area contributed by atoms with Crippen molar-refractivity contribution in [3.8, 4) is 5.75 Å². The first-order valence-corrected chi connectivity index (χ1v) is 12.7. The van der Waals surface area contributed by atoms with Crippen molar-refractivity contribution in [2.24, 2.45) is 0 Å².